The molecule has 8 heteroatoms. The molecule has 3 atom stereocenters. The summed E-state index contributed by atoms with van der Waals surface area (Å²) >= 11 is 0. The molecule has 1 aromatic carbocycles. The van der Waals surface area contributed by atoms with Crippen LogP contribution in [0.15, 0.2) is 12.1 Å². The SMILES string of the molecule is COCOc1cc(OC)c(OCOC)c([C@H]2CCC3C[C@]32C(=O)N(C)OC)c1. The van der Waals surface area contributed by atoms with Crippen LogP contribution in [0.3, 0.4) is 0 Å². The van der Waals surface area contributed by atoms with Gasteiger partial charge in [-0.15, -0.1) is 0 Å². The lowest BCUT2D eigenvalue weighted by molar-refractivity contribution is -0.176. The van der Waals surface area contributed by atoms with E-state index in [1.165, 1.54) is 12.2 Å². The van der Waals surface area contributed by atoms with Gasteiger partial charge in [-0.25, -0.2) is 5.06 Å². The molecule has 0 saturated heterocycles. The van der Waals surface area contributed by atoms with E-state index >= 15 is 0 Å². The largest absolute Gasteiger partial charge is 0.493 e. The van der Waals surface area contributed by atoms with Gasteiger partial charge in [0.05, 0.1) is 19.6 Å². The number of rotatable bonds is 10. The van der Waals surface area contributed by atoms with E-state index in [2.05, 4.69) is 0 Å². The average molecular weight is 395 g/mol. The fourth-order valence-electron chi connectivity index (χ4n) is 4.47. The van der Waals surface area contributed by atoms with Gasteiger partial charge in [-0.3, -0.25) is 9.63 Å². The van der Waals surface area contributed by atoms with Gasteiger partial charge in [0, 0.05) is 38.8 Å². The maximum atomic E-state index is 13.1. The zero-order chi connectivity index (χ0) is 20.3. The van der Waals surface area contributed by atoms with Gasteiger partial charge in [0.25, 0.3) is 5.91 Å². The van der Waals surface area contributed by atoms with Crippen molar-refractivity contribution in [3.8, 4) is 17.2 Å². The quantitative estimate of drug-likeness (QED) is 0.445. The molecule has 0 N–H and O–H groups in total. The van der Waals surface area contributed by atoms with Crippen molar-refractivity contribution in [3.63, 3.8) is 0 Å². The highest BCUT2D eigenvalue weighted by Gasteiger charge is 2.69. The van der Waals surface area contributed by atoms with Gasteiger partial charge in [-0.2, -0.15) is 0 Å². The highest BCUT2D eigenvalue weighted by atomic mass is 16.7. The van der Waals surface area contributed by atoms with E-state index in [0.29, 0.717) is 23.2 Å². The van der Waals surface area contributed by atoms with Crippen molar-refractivity contribution in [2.24, 2.45) is 11.3 Å². The normalized spacial score (nSPS) is 25.2. The lowest BCUT2D eigenvalue weighted by atomic mass is 9.82. The second-order valence-corrected chi connectivity index (χ2v) is 7.20. The van der Waals surface area contributed by atoms with Gasteiger partial charge >= 0.3 is 0 Å². The summed E-state index contributed by atoms with van der Waals surface area (Å²) < 4.78 is 27.2. The minimum absolute atomic E-state index is 0.00220. The van der Waals surface area contributed by atoms with Crippen molar-refractivity contribution < 1.29 is 33.3 Å². The van der Waals surface area contributed by atoms with Gasteiger partial charge < -0.3 is 23.7 Å². The fraction of sp³-hybridized carbons (Fsp3) is 0.650. The highest BCUT2D eigenvalue weighted by molar-refractivity contribution is 5.87. The predicted octanol–water partition coefficient (Wildman–Crippen LogP) is 2.56. The first-order chi connectivity index (χ1) is 13.5. The van der Waals surface area contributed by atoms with Crippen molar-refractivity contribution in [1.29, 1.82) is 0 Å². The molecule has 0 spiro atoms. The first kappa shape index (κ1) is 20.7. The number of hydrogen-bond acceptors (Lipinski definition) is 7. The molecule has 28 heavy (non-hydrogen) atoms. The van der Waals surface area contributed by atoms with Gasteiger partial charge in [0.15, 0.2) is 25.1 Å². The first-order valence-corrected chi connectivity index (χ1v) is 9.31. The fourth-order valence-corrected chi connectivity index (χ4v) is 4.47. The summed E-state index contributed by atoms with van der Waals surface area (Å²) in [5, 5.41) is 1.33. The van der Waals surface area contributed by atoms with Crippen LogP contribution in [0.4, 0.5) is 0 Å². The third-order valence-electron chi connectivity index (χ3n) is 5.85. The molecule has 156 valence electrons. The van der Waals surface area contributed by atoms with Crippen molar-refractivity contribution >= 4 is 5.91 Å². The van der Waals surface area contributed by atoms with Crippen molar-refractivity contribution in [2.75, 3.05) is 49.1 Å². The summed E-state index contributed by atoms with van der Waals surface area (Å²) in [6, 6.07) is 3.67. The monoisotopic (exact) mass is 395 g/mol. The number of methoxy groups -OCH3 is 3. The first-order valence-electron chi connectivity index (χ1n) is 9.31. The molecule has 8 nitrogen and oxygen atoms in total. The molecule has 2 saturated carbocycles. The molecule has 1 amide bonds. The number of amides is 1. The Balaban J connectivity index is 2.03. The Kier molecular flexibility index (Phi) is 6.32. The molecular weight excluding hydrogens is 366 g/mol. The maximum absolute atomic E-state index is 13.1. The lowest BCUT2D eigenvalue weighted by Crippen LogP contribution is -2.36. The van der Waals surface area contributed by atoms with E-state index in [0.717, 1.165) is 24.8 Å². The van der Waals surface area contributed by atoms with Crippen LogP contribution in [-0.2, 0) is 19.1 Å². The second kappa shape index (κ2) is 8.55. The summed E-state index contributed by atoms with van der Waals surface area (Å²) in [4.78, 5) is 18.3. The zero-order valence-electron chi connectivity index (χ0n) is 17.1. The summed E-state index contributed by atoms with van der Waals surface area (Å²) in [6.45, 7) is 0.196. The van der Waals surface area contributed by atoms with Crippen LogP contribution < -0.4 is 14.2 Å². The third-order valence-corrected chi connectivity index (χ3v) is 5.85. The van der Waals surface area contributed by atoms with Gasteiger partial charge in [0.1, 0.15) is 5.75 Å². The van der Waals surface area contributed by atoms with Crippen LogP contribution in [0.2, 0.25) is 0 Å². The van der Waals surface area contributed by atoms with Gasteiger partial charge in [-0.1, -0.05) is 0 Å². The molecule has 1 aromatic rings. The predicted molar refractivity (Wildman–Crippen MR) is 100 cm³/mol. The Morgan fingerprint density at radius 2 is 1.82 bits per heavy atom. The number of nitrogens with zero attached hydrogens (tertiary/aromatic N) is 1. The minimum atomic E-state index is -0.471. The van der Waals surface area contributed by atoms with Crippen LogP contribution in [0.25, 0.3) is 0 Å². The molecule has 0 aliphatic heterocycles. The Labute approximate surface area is 165 Å². The number of benzene rings is 1. The number of hydrogen-bond donors (Lipinski definition) is 0. The molecule has 1 unspecified atom stereocenters. The second-order valence-electron chi connectivity index (χ2n) is 7.20. The van der Waals surface area contributed by atoms with E-state index in [-0.39, 0.29) is 25.4 Å². The number of carbonyl (C=O) groups is 1. The molecule has 2 aliphatic carbocycles. The number of fused-ring (bicyclic) bond motifs is 1. The number of ether oxygens (including phenoxy) is 5. The Morgan fingerprint density at radius 1 is 1.11 bits per heavy atom. The molecular formula is C20H29NO7. The topological polar surface area (TPSA) is 75.7 Å². The van der Waals surface area contributed by atoms with E-state index < -0.39 is 5.41 Å². The summed E-state index contributed by atoms with van der Waals surface area (Å²) in [7, 11) is 7.86. The van der Waals surface area contributed by atoms with Crippen molar-refractivity contribution in [1.82, 2.24) is 5.06 Å². The molecule has 2 aliphatic rings. The van der Waals surface area contributed by atoms with Crippen LogP contribution in [-0.4, -0.2) is 60.0 Å². The van der Waals surface area contributed by atoms with E-state index in [1.54, 1.807) is 34.4 Å². The highest BCUT2D eigenvalue weighted by Crippen LogP contribution is 2.71. The van der Waals surface area contributed by atoms with Crippen molar-refractivity contribution in [3.05, 3.63) is 17.7 Å². The molecule has 0 bridgehead atoms. The molecule has 2 fully saturated rings. The third kappa shape index (κ3) is 3.52. The van der Waals surface area contributed by atoms with E-state index in [9.17, 15) is 4.79 Å². The Morgan fingerprint density at radius 3 is 2.43 bits per heavy atom. The lowest BCUT2D eigenvalue weighted by Gasteiger charge is -2.28. The molecule has 0 heterocycles. The Bertz CT molecular complexity index is 710. The van der Waals surface area contributed by atoms with Crippen LogP contribution >= 0.6 is 0 Å². The van der Waals surface area contributed by atoms with Crippen LogP contribution in [0, 0.1) is 11.3 Å². The summed E-state index contributed by atoms with van der Waals surface area (Å²) in [6.07, 6.45) is 2.72. The summed E-state index contributed by atoms with van der Waals surface area (Å²) in [5.74, 6) is 2.06. The minimum Gasteiger partial charge on any atom is -0.493 e. The van der Waals surface area contributed by atoms with Crippen LogP contribution in [0.5, 0.6) is 17.2 Å². The number of carbonyl (C=O) groups excluding carboxylic acids is 1. The average Bonchev–Trinajstić information content (AvgIpc) is 3.34. The maximum Gasteiger partial charge on any atom is 0.252 e. The van der Waals surface area contributed by atoms with E-state index in [1.807, 2.05) is 6.07 Å². The van der Waals surface area contributed by atoms with Crippen LogP contribution in [0.1, 0.15) is 30.7 Å². The molecule has 0 aromatic heterocycles. The molecule has 3 rings (SSSR count). The van der Waals surface area contributed by atoms with E-state index in [4.69, 9.17) is 28.5 Å². The molecule has 0 radical (unpaired) electrons. The standard InChI is InChI=1S/C20H29NO7/c1-21(26-5)19(22)20-10-13(20)6-7-16(20)15-8-14(27-11-23-2)9-17(25-4)18(15)28-12-24-3/h8-9,13,16H,6-7,10-12H2,1-5H3/t13?,16-,20+/m1/s1. The number of hydroxylamine groups is 2. The smallest absolute Gasteiger partial charge is 0.252 e. The van der Waals surface area contributed by atoms with Crippen molar-refractivity contribution in [2.45, 2.75) is 25.2 Å². The summed E-state index contributed by atoms with van der Waals surface area (Å²) in [5.41, 5.74) is 0.418. The Hall–Kier alpha value is -2.03. The zero-order valence-corrected chi connectivity index (χ0v) is 17.1. The van der Waals surface area contributed by atoms with Gasteiger partial charge in [0.2, 0.25) is 0 Å². The van der Waals surface area contributed by atoms with Gasteiger partial charge in [-0.05, 0) is 31.2 Å².